The number of likely N-dealkylation sites (tertiary alicyclic amines) is 2. The number of hydrogen-bond acceptors (Lipinski definition) is 5. The molecule has 28 heavy (non-hydrogen) atoms. The summed E-state index contributed by atoms with van der Waals surface area (Å²) in [6, 6.07) is 8.17. The van der Waals surface area contributed by atoms with Crippen molar-refractivity contribution in [3.63, 3.8) is 0 Å². The third-order valence-electron chi connectivity index (χ3n) is 5.97. The van der Waals surface area contributed by atoms with Crippen molar-refractivity contribution in [3.8, 4) is 5.75 Å². The average molecular weight is 390 g/mol. The number of aliphatic hydroxyl groups is 1. The topological polar surface area (TPSA) is 56.3 Å². The quantitative estimate of drug-likeness (QED) is 0.735. The second-order valence-electron chi connectivity index (χ2n) is 8.65. The molecule has 2 aliphatic heterocycles. The van der Waals surface area contributed by atoms with Gasteiger partial charge in [0.25, 0.3) is 0 Å². The summed E-state index contributed by atoms with van der Waals surface area (Å²) >= 11 is 0. The fourth-order valence-corrected chi connectivity index (χ4v) is 4.56. The zero-order valence-corrected chi connectivity index (χ0v) is 17.4. The van der Waals surface area contributed by atoms with E-state index in [9.17, 15) is 4.79 Å². The molecule has 0 aromatic heterocycles. The van der Waals surface area contributed by atoms with Gasteiger partial charge in [0.15, 0.2) is 0 Å². The van der Waals surface area contributed by atoms with Crippen molar-refractivity contribution >= 4 is 5.91 Å². The van der Waals surface area contributed by atoms with E-state index in [1.54, 1.807) is 0 Å². The lowest BCUT2D eigenvalue weighted by Crippen LogP contribution is -2.54. The molecule has 0 saturated carbocycles. The minimum absolute atomic E-state index is 0.0297. The predicted molar refractivity (Wildman–Crippen MR) is 110 cm³/mol. The van der Waals surface area contributed by atoms with Gasteiger partial charge in [0.2, 0.25) is 5.91 Å². The van der Waals surface area contributed by atoms with Gasteiger partial charge in [-0.1, -0.05) is 12.1 Å². The van der Waals surface area contributed by atoms with E-state index in [1.807, 2.05) is 12.1 Å². The van der Waals surface area contributed by atoms with Gasteiger partial charge in [0, 0.05) is 44.6 Å². The van der Waals surface area contributed by atoms with Crippen LogP contribution in [0.1, 0.15) is 31.2 Å². The second-order valence-corrected chi connectivity index (χ2v) is 8.65. The lowest BCUT2D eigenvalue weighted by Gasteiger charge is -2.48. The summed E-state index contributed by atoms with van der Waals surface area (Å²) < 4.78 is 5.55. The molecule has 1 spiro atoms. The first-order valence-corrected chi connectivity index (χ1v) is 10.5. The van der Waals surface area contributed by atoms with Gasteiger partial charge in [-0.2, -0.15) is 0 Å². The van der Waals surface area contributed by atoms with Crippen LogP contribution in [0, 0.1) is 5.41 Å². The van der Waals surface area contributed by atoms with Crippen LogP contribution in [0.15, 0.2) is 24.3 Å². The van der Waals surface area contributed by atoms with Gasteiger partial charge in [-0.3, -0.25) is 9.69 Å². The molecule has 1 unspecified atom stereocenters. The summed E-state index contributed by atoms with van der Waals surface area (Å²) in [5.74, 6) is 1.13. The summed E-state index contributed by atoms with van der Waals surface area (Å²) in [7, 11) is 4.12. The first kappa shape index (κ1) is 21.1. The highest BCUT2D eigenvalue weighted by Crippen LogP contribution is 2.39. The van der Waals surface area contributed by atoms with Crippen molar-refractivity contribution in [2.75, 3.05) is 60.0 Å². The molecule has 1 amide bonds. The molecule has 2 aliphatic rings. The lowest BCUT2D eigenvalue weighted by atomic mass is 9.73. The number of piperidine rings is 2. The average Bonchev–Trinajstić information content (AvgIpc) is 2.68. The Labute approximate surface area is 169 Å². The summed E-state index contributed by atoms with van der Waals surface area (Å²) in [6.07, 6.45) is 4.11. The minimum Gasteiger partial charge on any atom is -0.491 e. The number of likely N-dealkylation sites (N-methyl/N-ethyl adjacent to an activating group) is 1. The van der Waals surface area contributed by atoms with Crippen LogP contribution in [-0.4, -0.2) is 85.7 Å². The summed E-state index contributed by atoms with van der Waals surface area (Å²) in [6.45, 7) is 6.08. The van der Waals surface area contributed by atoms with Crippen LogP contribution < -0.4 is 4.74 Å². The third kappa shape index (κ3) is 5.69. The number of nitrogens with zero attached hydrogens (tertiary/aromatic N) is 3. The van der Waals surface area contributed by atoms with Gasteiger partial charge >= 0.3 is 0 Å². The van der Waals surface area contributed by atoms with E-state index in [4.69, 9.17) is 9.84 Å². The number of rotatable bonds is 8. The van der Waals surface area contributed by atoms with E-state index < -0.39 is 0 Å². The van der Waals surface area contributed by atoms with E-state index in [-0.39, 0.29) is 12.0 Å². The Morgan fingerprint density at radius 2 is 2.11 bits per heavy atom. The molecule has 2 fully saturated rings. The highest BCUT2D eigenvalue weighted by molar-refractivity contribution is 5.77. The van der Waals surface area contributed by atoms with E-state index in [0.29, 0.717) is 18.9 Å². The molecule has 0 bridgehead atoms. The second kappa shape index (κ2) is 9.72. The fourth-order valence-electron chi connectivity index (χ4n) is 4.56. The summed E-state index contributed by atoms with van der Waals surface area (Å²) in [5, 5.41) is 8.94. The minimum atomic E-state index is 0.0297. The van der Waals surface area contributed by atoms with E-state index in [1.165, 1.54) is 18.4 Å². The van der Waals surface area contributed by atoms with Crippen molar-refractivity contribution in [3.05, 3.63) is 29.8 Å². The molecule has 1 aromatic rings. The van der Waals surface area contributed by atoms with Gasteiger partial charge in [-0.05, 0) is 57.6 Å². The number of ether oxygens (including phenoxy) is 1. The Bertz CT molecular complexity index is 652. The molecular weight excluding hydrogens is 354 g/mol. The van der Waals surface area contributed by atoms with Crippen LogP contribution in [0.3, 0.4) is 0 Å². The Morgan fingerprint density at radius 1 is 1.25 bits per heavy atom. The lowest BCUT2D eigenvalue weighted by molar-refractivity contribution is -0.139. The van der Waals surface area contributed by atoms with Crippen LogP contribution in [0.5, 0.6) is 5.75 Å². The molecule has 2 saturated heterocycles. The maximum Gasteiger partial charge on any atom is 0.222 e. The molecule has 1 N–H and O–H groups in total. The van der Waals surface area contributed by atoms with Crippen molar-refractivity contribution in [2.24, 2.45) is 5.41 Å². The Balaban J connectivity index is 1.61. The van der Waals surface area contributed by atoms with Gasteiger partial charge in [0.05, 0.1) is 6.61 Å². The zero-order chi connectivity index (χ0) is 20.0. The number of hydrogen-bond donors (Lipinski definition) is 1. The normalized spacial score (nSPS) is 23.6. The highest BCUT2D eigenvalue weighted by atomic mass is 16.5. The first-order valence-electron chi connectivity index (χ1n) is 10.5. The fraction of sp³-hybridized carbons (Fsp3) is 0.682. The van der Waals surface area contributed by atoms with Gasteiger partial charge in [0.1, 0.15) is 12.4 Å². The maximum absolute atomic E-state index is 12.4. The molecule has 6 heteroatoms. The third-order valence-corrected chi connectivity index (χ3v) is 5.97. The van der Waals surface area contributed by atoms with Crippen molar-refractivity contribution in [1.82, 2.24) is 14.7 Å². The predicted octanol–water partition coefficient (Wildman–Crippen LogP) is 1.82. The van der Waals surface area contributed by atoms with Crippen molar-refractivity contribution < 1.29 is 14.6 Å². The molecular formula is C22H35N3O3. The number of carbonyl (C=O) groups is 1. The van der Waals surface area contributed by atoms with Crippen LogP contribution in [0.25, 0.3) is 0 Å². The number of benzene rings is 1. The summed E-state index contributed by atoms with van der Waals surface area (Å²) in [4.78, 5) is 19.2. The van der Waals surface area contributed by atoms with Crippen LogP contribution in [-0.2, 0) is 11.3 Å². The molecule has 3 rings (SSSR count). The van der Waals surface area contributed by atoms with Gasteiger partial charge in [-0.25, -0.2) is 0 Å². The molecule has 2 heterocycles. The van der Waals surface area contributed by atoms with Crippen LogP contribution in [0.2, 0.25) is 0 Å². The molecule has 1 aromatic carbocycles. The molecule has 0 radical (unpaired) electrons. The highest BCUT2D eigenvalue weighted by Gasteiger charge is 2.41. The van der Waals surface area contributed by atoms with Gasteiger partial charge < -0.3 is 19.6 Å². The SMILES string of the molecule is CN(C)CCN1CC2(CCCN(Cc3cccc(OCCO)c3)C2)CCC1=O. The molecule has 156 valence electrons. The Morgan fingerprint density at radius 3 is 2.89 bits per heavy atom. The molecule has 6 nitrogen and oxygen atoms in total. The number of amides is 1. The maximum atomic E-state index is 12.4. The van der Waals surface area contributed by atoms with E-state index in [2.05, 4.69) is 40.9 Å². The van der Waals surface area contributed by atoms with Crippen LogP contribution in [0.4, 0.5) is 0 Å². The van der Waals surface area contributed by atoms with Crippen molar-refractivity contribution in [2.45, 2.75) is 32.2 Å². The van der Waals surface area contributed by atoms with Crippen molar-refractivity contribution in [1.29, 1.82) is 0 Å². The van der Waals surface area contributed by atoms with E-state index in [0.717, 1.165) is 51.4 Å². The van der Waals surface area contributed by atoms with Crippen LogP contribution >= 0.6 is 0 Å². The Hall–Kier alpha value is -1.63. The number of aliphatic hydroxyl groups excluding tert-OH is 1. The van der Waals surface area contributed by atoms with Gasteiger partial charge in [-0.15, -0.1) is 0 Å². The molecule has 0 aliphatic carbocycles. The Kier molecular flexibility index (Phi) is 7.32. The zero-order valence-electron chi connectivity index (χ0n) is 17.4. The van der Waals surface area contributed by atoms with E-state index >= 15 is 0 Å². The molecule has 1 atom stereocenters. The standard InChI is InChI=1S/C22H35N3O3/c1-23(2)11-12-25-18-22(9-7-21(25)27)8-4-10-24(17-22)16-19-5-3-6-20(15-19)28-14-13-26/h3,5-6,15,26H,4,7-14,16-18H2,1-2H3. The smallest absolute Gasteiger partial charge is 0.222 e. The first-order chi connectivity index (χ1) is 13.5. The largest absolute Gasteiger partial charge is 0.491 e. The summed E-state index contributed by atoms with van der Waals surface area (Å²) in [5.41, 5.74) is 1.48. The number of carbonyl (C=O) groups excluding carboxylic acids is 1. The monoisotopic (exact) mass is 389 g/mol.